The average Bonchev–Trinajstić information content (AvgIpc) is 2.46. The molecule has 4 heteroatoms. The van der Waals surface area contributed by atoms with Crippen molar-refractivity contribution in [2.24, 2.45) is 11.8 Å². The Bertz CT molecular complexity index is 347. The molecule has 0 aromatic carbocycles. The largest absolute Gasteiger partial charge is 0.343 e. The molecule has 0 N–H and O–H groups in total. The lowest BCUT2D eigenvalue weighted by Crippen LogP contribution is -2.45. The summed E-state index contributed by atoms with van der Waals surface area (Å²) >= 11 is 0. The van der Waals surface area contributed by atoms with Gasteiger partial charge >= 0.3 is 0 Å². The van der Waals surface area contributed by atoms with Gasteiger partial charge in [0.05, 0.1) is 6.07 Å². The van der Waals surface area contributed by atoms with E-state index in [1.165, 1.54) is 0 Å². The molecule has 4 nitrogen and oxygen atoms in total. The Kier molecular flexibility index (Phi) is 4.81. The van der Waals surface area contributed by atoms with Crippen LogP contribution in [-0.4, -0.2) is 48.9 Å². The highest BCUT2D eigenvalue weighted by Gasteiger charge is 2.31. The minimum atomic E-state index is 0.211. The van der Waals surface area contributed by atoms with Gasteiger partial charge in [-0.1, -0.05) is 0 Å². The van der Waals surface area contributed by atoms with Crippen LogP contribution in [-0.2, 0) is 4.79 Å². The molecule has 1 saturated carbocycles. The van der Waals surface area contributed by atoms with Crippen molar-refractivity contribution in [1.82, 2.24) is 9.80 Å². The molecule has 0 atom stereocenters. The van der Waals surface area contributed by atoms with Gasteiger partial charge in [0, 0.05) is 24.9 Å². The van der Waals surface area contributed by atoms with Crippen molar-refractivity contribution >= 4 is 5.91 Å². The molecule has 2 fully saturated rings. The summed E-state index contributed by atoms with van der Waals surface area (Å²) in [4.78, 5) is 16.8. The summed E-state index contributed by atoms with van der Waals surface area (Å²) in [6.07, 6.45) is 5.87. The highest BCUT2D eigenvalue weighted by Crippen LogP contribution is 2.28. The molecule has 106 valence electrons. The molecule has 0 unspecified atom stereocenters. The fourth-order valence-corrected chi connectivity index (χ4v) is 3.32. The fraction of sp³-hybridized carbons (Fsp3) is 0.867. The predicted molar refractivity (Wildman–Crippen MR) is 74.4 cm³/mol. The van der Waals surface area contributed by atoms with Crippen LogP contribution in [0.3, 0.4) is 0 Å². The topological polar surface area (TPSA) is 47.3 Å². The number of likely N-dealkylation sites (tertiary alicyclic amines) is 1. The Hall–Kier alpha value is -1.08. The Labute approximate surface area is 116 Å². The van der Waals surface area contributed by atoms with E-state index >= 15 is 0 Å². The first-order valence-corrected chi connectivity index (χ1v) is 7.46. The van der Waals surface area contributed by atoms with E-state index in [0.29, 0.717) is 11.9 Å². The van der Waals surface area contributed by atoms with Crippen molar-refractivity contribution in [3.8, 4) is 6.07 Å². The fourth-order valence-electron chi connectivity index (χ4n) is 3.32. The van der Waals surface area contributed by atoms with Gasteiger partial charge < -0.3 is 9.80 Å². The number of nitrogens with zero attached hydrogens (tertiary/aromatic N) is 3. The lowest BCUT2D eigenvalue weighted by atomic mass is 9.85. The smallest absolute Gasteiger partial charge is 0.225 e. The summed E-state index contributed by atoms with van der Waals surface area (Å²) in [5.74, 6) is 0.756. The van der Waals surface area contributed by atoms with Gasteiger partial charge in [0.25, 0.3) is 0 Å². The average molecular weight is 263 g/mol. The normalized spacial score (nSPS) is 29.7. The van der Waals surface area contributed by atoms with Gasteiger partial charge in [-0.25, -0.2) is 0 Å². The zero-order valence-corrected chi connectivity index (χ0v) is 12.1. The molecule has 2 rings (SSSR count). The first-order chi connectivity index (χ1) is 9.11. The zero-order chi connectivity index (χ0) is 13.8. The summed E-state index contributed by atoms with van der Waals surface area (Å²) < 4.78 is 0. The molecule has 1 amide bonds. The maximum Gasteiger partial charge on any atom is 0.225 e. The molecule has 1 aliphatic heterocycles. The summed E-state index contributed by atoms with van der Waals surface area (Å²) in [6, 6.07) is 2.71. The maximum absolute atomic E-state index is 12.5. The first kappa shape index (κ1) is 14.3. The van der Waals surface area contributed by atoms with Crippen LogP contribution in [0.4, 0.5) is 0 Å². The number of hydrogen-bond donors (Lipinski definition) is 0. The quantitative estimate of drug-likeness (QED) is 0.764. The van der Waals surface area contributed by atoms with Crippen molar-refractivity contribution in [2.45, 2.75) is 44.6 Å². The Morgan fingerprint density at radius 1 is 1.16 bits per heavy atom. The highest BCUT2D eigenvalue weighted by atomic mass is 16.2. The van der Waals surface area contributed by atoms with Crippen LogP contribution < -0.4 is 0 Å². The standard InChI is InChI=1S/C15H25N3O/c1-17-9-7-13(8-10-17)15(19)18(2)14-5-3-12(11-16)4-6-14/h12-14H,3-10H2,1-2H3. The first-order valence-electron chi connectivity index (χ1n) is 7.46. The molecule has 1 heterocycles. The minimum absolute atomic E-state index is 0.211. The molecule has 2 aliphatic rings. The van der Waals surface area contributed by atoms with Gasteiger partial charge in [-0.05, 0) is 58.7 Å². The monoisotopic (exact) mass is 263 g/mol. The third-order valence-corrected chi connectivity index (χ3v) is 4.84. The Morgan fingerprint density at radius 3 is 2.26 bits per heavy atom. The summed E-state index contributed by atoms with van der Waals surface area (Å²) in [5, 5.41) is 8.92. The van der Waals surface area contributed by atoms with Crippen LogP contribution in [0.5, 0.6) is 0 Å². The van der Waals surface area contributed by atoms with E-state index < -0.39 is 0 Å². The molecular formula is C15H25N3O. The SMILES string of the molecule is CN1CCC(C(=O)N(C)C2CCC(C#N)CC2)CC1. The van der Waals surface area contributed by atoms with Crippen LogP contribution in [0.25, 0.3) is 0 Å². The second kappa shape index (κ2) is 6.38. The lowest BCUT2D eigenvalue weighted by Gasteiger charge is -2.37. The van der Waals surface area contributed by atoms with E-state index in [1.54, 1.807) is 0 Å². The highest BCUT2D eigenvalue weighted by molar-refractivity contribution is 5.79. The number of rotatable bonds is 2. The second-order valence-electron chi connectivity index (χ2n) is 6.16. The molecule has 1 saturated heterocycles. The van der Waals surface area contributed by atoms with E-state index in [0.717, 1.165) is 51.6 Å². The second-order valence-corrected chi connectivity index (χ2v) is 6.16. The number of amides is 1. The van der Waals surface area contributed by atoms with E-state index in [9.17, 15) is 4.79 Å². The van der Waals surface area contributed by atoms with Crippen molar-refractivity contribution in [1.29, 1.82) is 5.26 Å². The van der Waals surface area contributed by atoms with Crippen LogP contribution in [0.2, 0.25) is 0 Å². The van der Waals surface area contributed by atoms with Gasteiger partial charge in [0.15, 0.2) is 0 Å². The van der Waals surface area contributed by atoms with Gasteiger partial charge in [0.2, 0.25) is 5.91 Å². The molecular weight excluding hydrogens is 238 g/mol. The van der Waals surface area contributed by atoms with E-state index in [-0.39, 0.29) is 11.8 Å². The van der Waals surface area contributed by atoms with Crippen molar-refractivity contribution in [3.05, 3.63) is 0 Å². The van der Waals surface area contributed by atoms with Crippen molar-refractivity contribution in [2.75, 3.05) is 27.2 Å². The van der Waals surface area contributed by atoms with Crippen LogP contribution in [0.1, 0.15) is 38.5 Å². The van der Waals surface area contributed by atoms with Crippen LogP contribution in [0, 0.1) is 23.2 Å². The Morgan fingerprint density at radius 2 is 1.74 bits per heavy atom. The molecule has 0 aromatic heterocycles. The van der Waals surface area contributed by atoms with Crippen molar-refractivity contribution in [3.63, 3.8) is 0 Å². The van der Waals surface area contributed by atoms with Crippen LogP contribution in [0.15, 0.2) is 0 Å². The van der Waals surface area contributed by atoms with Crippen molar-refractivity contribution < 1.29 is 4.79 Å². The summed E-state index contributed by atoms with van der Waals surface area (Å²) in [6.45, 7) is 2.07. The zero-order valence-electron chi connectivity index (χ0n) is 12.1. The van der Waals surface area contributed by atoms with E-state index in [4.69, 9.17) is 5.26 Å². The third kappa shape index (κ3) is 3.48. The van der Waals surface area contributed by atoms with Gasteiger partial charge in [0.1, 0.15) is 0 Å². The molecule has 19 heavy (non-hydrogen) atoms. The molecule has 0 spiro atoms. The number of nitriles is 1. The molecule has 0 radical (unpaired) electrons. The van der Waals surface area contributed by atoms with Gasteiger partial charge in [-0.15, -0.1) is 0 Å². The number of piperidine rings is 1. The van der Waals surface area contributed by atoms with Gasteiger partial charge in [-0.3, -0.25) is 4.79 Å². The van der Waals surface area contributed by atoms with Crippen LogP contribution >= 0.6 is 0 Å². The number of hydrogen-bond acceptors (Lipinski definition) is 3. The Balaban J connectivity index is 1.84. The molecule has 1 aliphatic carbocycles. The predicted octanol–water partition coefficient (Wildman–Crippen LogP) is 1.87. The molecule has 0 bridgehead atoms. The summed E-state index contributed by atoms with van der Waals surface area (Å²) in [5.41, 5.74) is 0. The van der Waals surface area contributed by atoms with E-state index in [1.807, 2.05) is 11.9 Å². The van der Waals surface area contributed by atoms with Gasteiger partial charge in [-0.2, -0.15) is 5.26 Å². The maximum atomic E-state index is 12.5. The summed E-state index contributed by atoms with van der Waals surface area (Å²) in [7, 11) is 4.07. The lowest BCUT2D eigenvalue weighted by molar-refractivity contribution is -0.138. The molecule has 0 aromatic rings. The minimum Gasteiger partial charge on any atom is -0.343 e. The third-order valence-electron chi connectivity index (χ3n) is 4.84. The number of carbonyl (C=O) groups excluding carboxylic acids is 1. The van der Waals surface area contributed by atoms with E-state index in [2.05, 4.69) is 18.0 Å². The number of carbonyl (C=O) groups is 1.